The van der Waals surface area contributed by atoms with Gasteiger partial charge in [-0.05, 0) is 50.8 Å². The van der Waals surface area contributed by atoms with Crippen molar-refractivity contribution < 1.29 is 0 Å². The van der Waals surface area contributed by atoms with E-state index in [1.807, 2.05) is 18.3 Å². The molecule has 4 rings (SSSR count). The highest BCUT2D eigenvalue weighted by Crippen LogP contribution is 2.38. The summed E-state index contributed by atoms with van der Waals surface area (Å²) in [6.07, 6.45) is 6.61. The molecule has 0 saturated heterocycles. The van der Waals surface area contributed by atoms with Crippen LogP contribution in [0.3, 0.4) is 0 Å². The first kappa shape index (κ1) is 17.0. The second kappa shape index (κ2) is 7.02. The zero-order chi connectivity index (χ0) is 18.0. The summed E-state index contributed by atoms with van der Waals surface area (Å²) in [6, 6.07) is 16.7. The fourth-order valence-electron chi connectivity index (χ4n) is 3.70. The minimum Gasteiger partial charge on any atom is -0.314 e. The third kappa shape index (κ3) is 3.16. The summed E-state index contributed by atoms with van der Waals surface area (Å²) in [5, 5.41) is 9.28. The smallest absolute Gasteiger partial charge is 0.144 e. The zero-order valence-electron chi connectivity index (χ0n) is 15.6. The van der Waals surface area contributed by atoms with Crippen LogP contribution >= 0.6 is 0 Å². The summed E-state index contributed by atoms with van der Waals surface area (Å²) in [4.78, 5) is 4.59. The van der Waals surface area contributed by atoms with Crippen LogP contribution in [0.2, 0.25) is 0 Å². The van der Waals surface area contributed by atoms with Gasteiger partial charge in [0.25, 0.3) is 0 Å². The molecule has 1 aliphatic carbocycles. The van der Waals surface area contributed by atoms with Gasteiger partial charge in [-0.2, -0.15) is 0 Å². The minimum absolute atomic E-state index is 0.271. The van der Waals surface area contributed by atoms with E-state index in [-0.39, 0.29) is 5.41 Å². The summed E-state index contributed by atoms with van der Waals surface area (Å²) in [7, 11) is 0. The summed E-state index contributed by atoms with van der Waals surface area (Å²) in [5.41, 5.74) is 2.11. The van der Waals surface area contributed by atoms with Gasteiger partial charge in [0.1, 0.15) is 11.6 Å². The molecule has 0 unspecified atom stereocenters. The molecule has 0 spiro atoms. The minimum atomic E-state index is -0.271. The van der Waals surface area contributed by atoms with E-state index in [0.29, 0.717) is 5.92 Å². The van der Waals surface area contributed by atoms with E-state index in [2.05, 4.69) is 70.0 Å². The summed E-state index contributed by atoms with van der Waals surface area (Å²) in [6.45, 7) is 5.31. The standard InChI is InChI=1S/C22H26N4/c1-22(2,19-13-6-7-15-23-19)21-25-24-20(18-11-8-12-18)26(21)16-14-17-9-4-3-5-10-17/h3-7,9-10,13,15,18H,8,11-12,14,16H2,1-2H3. The highest BCUT2D eigenvalue weighted by atomic mass is 15.3. The van der Waals surface area contributed by atoms with Crippen molar-refractivity contribution in [2.75, 3.05) is 0 Å². The van der Waals surface area contributed by atoms with Crippen molar-refractivity contribution in [3.63, 3.8) is 0 Å². The number of aromatic nitrogens is 4. The van der Waals surface area contributed by atoms with Gasteiger partial charge in [-0.25, -0.2) is 0 Å². The van der Waals surface area contributed by atoms with E-state index in [4.69, 9.17) is 0 Å². The molecule has 0 radical (unpaired) electrons. The van der Waals surface area contributed by atoms with Crippen LogP contribution in [0.1, 0.15) is 61.9 Å². The number of benzene rings is 1. The Bertz CT molecular complexity index is 848. The predicted octanol–water partition coefficient (Wildman–Crippen LogP) is 4.51. The van der Waals surface area contributed by atoms with Gasteiger partial charge in [0.15, 0.2) is 0 Å². The first-order valence-corrected chi connectivity index (χ1v) is 9.55. The van der Waals surface area contributed by atoms with Crippen LogP contribution < -0.4 is 0 Å². The molecular formula is C22H26N4. The van der Waals surface area contributed by atoms with Gasteiger partial charge in [0.2, 0.25) is 0 Å². The maximum absolute atomic E-state index is 4.65. The van der Waals surface area contributed by atoms with E-state index in [1.54, 1.807) is 0 Å². The lowest BCUT2D eigenvalue weighted by Gasteiger charge is -2.28. The quantitative estimate of drug-likeness (QED) is 0.659. The summed E-state index contributed by atoms with van der Waals surface area (Å²) < 4.78 is 2.37. The molecule has 1 saturated carbocycles. The number of hydrogen-bond donors (Lipinski definition) is 0. The molecule has 0 bridgehead atoms. The van der Waals surface area contributed by atoms with E-state index in [9.17, 15) is 0 Å². The number of nitrogens with zero attached hydrogens (tertiary/aromatic N) is 4. The van der Waals surface area contributed by atoms with Crippen molar-refractivity contribution in [2.45, 2.75) is 57.4 Å². The fourth-order valence-corrected chi connectivity index (χ4v) is 3.70. The Morgan fingerprint density at radius 3 is 2.42 bits per heavy atom. The van der Waals surface area contributed by atoms with Gasteiger partial charge in [-0.15, -0.1) is 10.2 Å². The van der Waals surface area contributed by atoms with Crippen LogP contribution in [0, 0.1) is 0 Å². The Morgan fingerprint density at radius 2 is 1.77 bits per heavy atom. The lowest BCUT2D eigenvalue weighted by Crippen LogP contribution is -2.27. The summed E-state index contributed by atoms with van der Waals surface area (Å²) >= 11 is 0. The monoisotopic (exact) mass is 346 g/mol. The van der Waals surface area contributed by atoms with Crippen molar-refractivity contribution >= 4 is 0 Å². The van der Waals surface area contributed by atoms with Gasteiger partial charge >= 0.3 is 0 Å². The number of rotatable bonds is 6. The maximum atomic E-state index is 4.65. The average Bonchev–Trinajstić information content (AvgIpc) is 3.04. The highest BCUT2D eigenvalue weighted by molar-refractivity contribution is 5.26. The van der Waals surface area contributed by atoms with Gasteiger partial charge in [0.05, 0.1) is 11.1 Å². The van der Waals surface area contributed by atoms with Crippen LogP contribution in [0.4, 0.5) is 0 Å². The number of aryl methyl sites for hydroxylation is 1. The third-order valence-electron chi connectivity index (χ3n) is 5.58. The second-order valence-electron chi connectivity index (χ2n) is 7.74. The van der Waals surface area contributed by atoms with E-state index < -0.39 is 0 Å². The Morgan fingerprint density at radius 1 is 1.00 bits per heavy atom. The largest absolute Gasteiger partial charge is 0.314 e. The molecule has 1 aliphatic rings. The van der Waals surface area contributed by atoms with Gasteiger partial charge < -0.3 is 4.57 Å². The topological polar surface area (TPSA) is 43.6 Å². The molecular weight excluding hydrogens is 320 g/mol. The first-order valence-electron chi connectivity index (χ1n) is 9.55. The molecule has 3 aromatic rings. The molecule has 2 heterocycles. The molecule has 0 amide bonds. The zero-order valence-corrected chi connectivity index (χ0v) is 15.6. The summed E-state index contributed by atoms with van der Waals surface area (Å²) in [5.74, 6) is 2.74. The molecule has 1 aromatic carbocycles. The van der Waals surface area contributed by atoms with Gasteiger partial charge in [0, 0.05) is 18.7 Å². The molecule has 0 atom stereocenters. The number of pyridine rings is 1. The van der Waals surface area contributed by atoms with Crippen molar-refractivity contribution in [3.05, 3.63) is 77.6 Å². The second-order valence-corrected chi connectivity index (χ2v) is 7.74. The van der Waals surface area contributed by atoms with Crippen molar-refractivity contribution in [1.82, 2.24) is 19.7 Å². The van der Waals surface area contributed by atoms with Crippen LogP contribution in [0.15, 0.2) is 54.7 Å². The lowest BCUT2D eigenvalue weighted by atomic mass is 9.84. The average molecular weight is 346 g/mol. The highest BCUT2D eigenvalue weighted by Gasteiger charge is 2.34. The normalized spacial score (nSPS) is 15.0. The maximum Gasteiger partial charge on any atom is 0.144 e. The van der Waals surface area contributed by atoms with E-state index in [1.165, 1.54) is 24.8 Å². The van der Waals surface area contributed by atoms with Crippen LogP contribution in [0.5, 0.6) is 0 Å². The Kier molecular flexibility index (Phi) is 4.58. The molecule has 2 aromatic heterocycles. The lowest BCUT2D eigenvalue weighted by molar-refractivity contribution is 0.380. The molecule has 134 valence electrons. The van der Waals surface area contributed by atoms with Crippen molar-refractivity contribution in [1.29, 1.82) is 0 Å². The van der Waals surface area contributed by atoms with Gasteiger partial charge in [-0.3, -0.25) is 4.98 Å². The molecule has 1 fully saturated rings. The Labute approximate surface area is 155 Å². The molecule has 26 heavy (non-hydrogen) atoms. The van der Waals surface area contributed by atoms with E-state index in [0.717, 1.165) is 30.3 Å². The van der Waals surface area contributed by atoms with Gasteiger partial charge in [-0.1, -0.05) is 42.8 Å². The molecule has 0 N–H and O–H groups in total. The number of hydrogen-bond acceptors (Lipinski definition) is 3. The van der Waals surface area contributed by atoms with Crippen LogP contribution in [0.25, 0.3) is 0 Å². The Balaban J connectivity index is 1.69. The molecule has 4 heteroatoms. The fraction of sp³-hybridized carbons (Fsp3) is 0.409. The third-order valence-corrected chi connectivity index (χ3v) is 5.58. The molecule has 0 aliphatic heterocycles. The SMILES string of the molecule is CC(C)(c1ccccn1)c1nnc(C2CCC2)n1CCc1ccccc1. The first-order chi connectivity index (χ1) is 12.7. The predicted molar refractivity (Wildman–Crippen MR) is 103 cm³/mol. The van der Waals surface area contributed by atoms with Crippen LogP contribution in [-0.4, -0.2) is 19.7 Å². The Hall–Kier alpha value is -2.49. The molecule has 4 nitrogen and oxygen atoms in total. The van der Waals surface area contributed by atoms with Crippen LogP contribution in [-0.2, 0) is 18.4 Å². The van der Waals surface area contributed by atoms with Crippen molar-refractivity contribution in [2.24, 2.45) is 0 Å². The van der Waals surface area contributed by atoms with Crippen molar-refractivity contribution in [3.8, 4) is 0 Å². The van der Waals surface area contributed by atoms with E-state index >= 15 is 0 Å².